The fourth-order valence-electron chi connectivity index (χ4n) is 2.24. The lowest BCUT2D eigenvalue weighted by Crippen LogP contribution is -2.29. The highest BCUT2D eigenvalue weighted by molar-refractivity contribution is 5.82. The van der Waals surface area contributed by atoms with Crippen molar-refractivity contribution in [3.8, 4) is 0 Å². The zero-order chi connectivity index (χ0) is 15.4. The molecule has 1 fully saturated rings. The molecule has 1 unspecified atom stereocenters. The van der Waals surface area contributed by atoms with Crippen molar-refractivity contribution in [2.45, 2.75) is 25.8 Å². The van der Waals surface area contributed by atoms with Gasteiger partial charge in [0, 0.05) is 23.2 Å². The number of hydrogen-bond donors (Lipinski definition) is 3. The number of aryl methyl sites for hydroxylation is 1. The number of carboxylic acid groups (broad SMARTS) is 1. The van der Waals surface area contributed by atoms with Crippen LogP contribution in [-0.2, 0) is 4.79 Å². The molecule has 2 aromatic rings. The van der Waals surface area contributed by atoms with Crippen molar-refractivity contribution >= 4 is 22.6 Å². The number of hydrogen-bond acceptors (Lipinski definition) is 5. The molecule has 1 saturated heterocycles. The molecule has 1 aromatic heterocycles. The lowest BCUT2D eigenvalue weighted by Gasteiger charge is -2.00. The molecule has 0 aliphatic carbocycles. The maximum absolute atomic E-state index is 11.0. The molecule has 2 heterocycles. The first-order chi connectivity index (χ1) is 9.97. The molecule has 112 valence electrons. The molecular weight excluding hydrogens is 272 g/mol. The van der Waals surface area contributed by atoms with E-state index in [1.165, 1.54) is 6.07 Å². The van der Waals surface area contributed by atoms with Gasteiger partial charge in [0.2, 0.25) is 0 Å². The topological polar surface area (TPSA) is 106 Å². The summed E-state index contributed by atoms with van der Waals surface area (Å²) in [4.78, 5) is 21.1. The van der Waals surface area contributed by atoms with Gasteiger partial charge < -0.3 is 20.6 Å². The molecule has 0 spiro atoms. The van der Waals surface area contributed by atoms with E-state index >= 15 is 0 Å². The Bertz CT molecular complexity index is 702. The van der Waals surface area contributed by atoms with E-state index in [1.54, 1.807) is 12.1 Å². The van der Waals surface area contributed by atoms with E-state index in [9.17, 15) is 9.59 Å². The lowest BCUT2D eigenvalue weighted by molar-refractivity contribution is -0.139. The molecule has 3 rings (SSSR count). The van der Waals surface area contributed by atoms with Gasteiger partial charge in [-0.1, -0.05) is 0 Å². The number of benzene rings is 1. The maximum Gasteiger partial charge on any atom is 0.336 e. The van der Waals surface area contributed by atoms with Gasteiger partial charge in [-0.3, -0.25) is 4.79 Å². The van der Waals surface area contributed by atoms with Crippen molar-refractivity contribution in [2.24, 2.45) is 0 Å². The van der Waals surface area contributed by atoms with E-state index < -0.39 is 5.97 Å². The van der Waals surface area contributed by atoms with Crippen LogP contribution in [0.2, 0.25) is 0 Å². The predicted octanol–water partition coefficient (Wildman–Crippen LogP) is 1.51. The second kappa shape index (κ2) is 6.41. The molecule has 4 N–H and O–H groups in total. The van der Waals surface area contributed by atoms with Crippen molar-refractivity contribution in [1.82, 2.24) is 5.32 Å². The largest absolute Gasteiger partial charge is 0.480 e. The SMILES string of the molecule is Cc1cc(=O)oc2cc(N)ccc12.O=C(O)C1CCCN1. The third-order valence-corrected chi connectivity index (χ3v) is 3.33. The average molecular weight is 290 g/mol. The van der Waals surface area contributed by atoms with Crippen molar-refractivity contribution in [2.75, 3.05) is 12.3 Å². The van der Waals surface area contributed by atoms with E-state index in [0.29, 0.717) is 11.3 Å². The molecule has 1 aliphatic heterocycles. The molecule has 21 heavy (non-hydrogen) atoms. The molecule has 0 saturated carbocycles. The van der Waals surface area contributed by atoms with Crippen molar-refractivity contribution < 1.29 is 14.3 Å². The van der Waals surface area contributed by atoms with Crippen molar-refractivity contribution in [3.05, 3.63) is 40.2 Å². The second-order valence-electron chi connectivity index (χ2n) is 4.99. The molecule has 6 heteroatoms. The molecule has 0 radical (unpaired) electrons. The smallest absolute Gasteiger partial charge is 0.336 e. The third-order valence-electron chi connectivity index (χ3n) is 3.33. The minimum Gasteiger partial charge on any atom is -0.480 e. The first-order valence-corrected chi connectivity index (χ1v) is 6.73. The normalized spacial score (nSPS) is 17.3. The Hall–Kier alpha value is -2.34. The highest BCUT2D eigenvalue weighted by Gasteiger charge is 2.20. The van der Waals surface area contributed by atoms with Gasteiger partial charge in [-0.25, -0.2) is 4.79 Å². The Balaban J connectivity index is 0.000000173. The van der Waals surface area contributed by atoms with E-state index in [-0.39, 0.29) is 11.7 Å². The van der Waals surface area contributed by atoms with E-state index in [1.807, 2.05) is 13.0 Å². The van der Waals surface area contributed by atoms with Gasteiger partial charge in [0.25, 0.3) is 0 Å². The fourth-order valence-corrected chi connectivity index (χ4v) is 2.24. The molecule has 0 amide bonds. The second-order valence-corrected chi connectivity index (χ2v) is 4.99. The number of carboxylic acids is 1. The highest BCUT2D eigenvalue weighted by Crippen LogP contribution is 2.18. The van der Waals surface area contributed by atoms with Crippen LogP contribution in [0, 0.1) is 6.92 Å². The first-order valence-electron chi connectivity index (χ1n) is 6.73. The van der Waals surface area contributed by atoms with Gasteiger partial charge in [-0.05, 0) is 44.0 Å². The van der Waals surface area contributed by atoms with Gasteiger partial charge in [-0.15, -0.1) is 0 Å². The molecule has 0 bridgehead atoms. The van der Waals surface area contributed by atoms with E-state index in [4.69, 9.17) is 15.3 Å². The van der Waals surface area contributed by atoms with Crippen molar-refractivity contribution in [3.63, 3.8) is 0 Å². The van der Waals surface area contributed by atoms with Gasteiger partial charge in [0.1, 0.15) is 11.6 Å². The summed E-state index contributed by atoms with van der Waals surface area (Å²) in [5.41, 5.74) is 7.28. The van der Waals surface area contributed by atoms with Gasteiger partial charge in [0.15, 0.2) is 0 Å². The summed E-state index contributed by atoms with van der Waals surface area (Å²) in [6, 6.07) is 6.50. The van der Waals surface area contributed by atoms with Crippen LogP contribution < -0.4 is 16.7 Å². The van der Waals surface area contributed by atoms with Crippen LogP contribution in [0.1, 0.15) is 18.4 Å². The highest BCUT2D eigenvalue weighted by atomic mass is 16.4. The minimum absolute atomic E-state index is 0.269. The fraction of sp³-hybridized carbons (Fsp3) is 0.333. The average Bonchev–Trinajstić information content (AvgIpc) is 2.92. The zero-order valence-electron chi connectivity index (χ0n) is 11.8. The molecule has 1 aliphatic rings. The summed E-state index contributed by atoms with van der Waals surface area (Å²) in [7, 11) is 0. The predicted molar refractivity (Wildman–Crippen MR) is 80.3 cm³/mol. The van der Waals surface area contributed by atoms with Crippen LogP contribution >= 0.6 is 0 Å². The van der Waals surface area contributed by atoms with Gasteiger partial charge >= 0.3 is 11.6 Å². The van der Waals surface area contributed by atoms with Crippen LogP contribution in [0.15, 0.2) is 33.5 Å². The van der Waals surface area contributed by atoms with Crippen LogP contribution in [0.5, 0.6) is 0 Å². The number of nitrogen functional groups attached to an aromatic ring is 1. The summed E-state index contributed by atoms with van der Waals surface area (Å²) in [6.45, 7) is 2.73. The number of anilines is 1. The number of nitrogens with two attached hydrogens (primary N) is 1. The standard InChI is InChI=1S/C10H9NO2.C5H9NO2/c1-6-4-10(12)13-9-5-7(11)2-3-8(6)9;7-5(8)4-2-1-3-6-4/h2-5H,11H2,1H3;4,6H,1-3H2,(H,7,8). The summed E-state index contributed by atoms with van der Waals surface area (Å²) < 4.78 is 4.99. The van der Waals surface area contributed by atoms with Crippen LogP contribution in [0.3, 0.4) is 0 Å². The minimum atomic E-state index is -0.720. The lowest BCUT2D eigenvalue weighted by atomic mass is 10.1. The Morgan fingerprint density at radius 2 is 2.19 bits per heavy atom. The summed E-state index contributed by atoms with van der Waals surface area (Å²) in [5, 5.41) is 12.1. The Morgan fingerprint density at radius 1 is 1.43 bits per heavy atom. The number of aliphatic carboxylic acids is 1. The van der Waals surface area contributed by atoms with Gasteiger partial charge in [-0.2, -0.15) is 0 Å². The van der Waals surface area contributed by atoms with Gasteiger partial charge in [0.05, 0.1) is 0 Å². The Labute approximate surface area is 121 Å². The summed E-state index contributed by atoms with van der Waals surface area (Å²) >= 11 is 0. The number of fused-ring (bicyclic) bond motifs is 1. The van der Waals surface area contributed by atoms with Crippen LogP contribution in [0.4, 0.5) is 5.69 Å². The summed E-state index contributed by atoms with van der Waals surface area (Å²) in [5.74, 6) is -0.720. The molecular formula is C15H18N2O4. The number of carbonyl (C=O) groups is 1. The molecule has 1 aromatic carbocycles. The Kier molecular flexibility index (Phi) is 4.59. The first kappa shape index (κ1) is 15.1. The Morgan fingerprint density at radius 3 is 2.76 bits per heavy atom. The third kappa shape index (κ3) is 3.82. The molecule has 1 atom stereocenters. The molecule has 6 nitrogen and oxygen atoms in total. The van der Waals surface area contributed by atoms with Crippen LogP contribution in [0.25, 0.3) is 11.0 Å². The van der Waals surface area contributed by atoms with E-state index in [2.05, 4.69) is 5.32 Å². The number of nitrogens with one attached hydrogen (secondary N) is 1. The summed E-state index contributed by atoms with van der Waals surface area (Å²) in [6.07, 6.45) is 1.78. The van der Waals surface area contributed by atoms with Crippen LogP contribution in [-0.4, -0.2) is 23.7 Å². The van der Waals surface area contributed by atoms with E-state index in [0.717, 1.165) is 30.3 Å². The monoisotopic (exact) mass is 290 g/mol. The maximum atomic E-state index is 11.0. The number of rotatable bonds is 1. The zero-order valence-corrected chi connectivity index (χ0v) is 11.8. The quantitative estimate of drug-likeness (QED) is 0.543. The van der Waals surface area contributed by atoms with Crippen molar-refractivity contribution in [1.29, 1.82) is 0 Å².